The second-order valence-electron chi connectivity index (χ2n) is 7.72. The number of alkyl halides is 3. The highest BCUT2D eigenvalue weighted by molar-refractivity contribution is 7.89. The summed E-state index contributed by atoms with van der Waals surface area (Å²) in [4.78, 5) is 13.2. The first-order valence-corrected chi connectivity index (χ1v) is 11.9. The molecule has 5 nitrogen and oxygen atoms in total. The molecule has 0 saturated carbocycles. The summed E-state index contributed by atoms with van der Waals surface area (Å²) in [6.07, 6.45) is -3.35. The highest BCUT2D eigenvalue weighted by atomic mass is 32.2. The third-order valence-corrected chi connectivity index (χ3v) is 7.24. The number of para-hydroxylation sites is 1. The van der Waals surface area contributed by atoms with Crippen molar-refractivity contribution in [3.05, 3.63) is 102 Å². The molecule has 34 heavy (non-hydrogen) atoms. The van der Waals surface area contributed by atoms with Gasteiger partial charge in [-0.3, -0.25) is 14.0 Å². The quantitative estimate of drug-likeness (QED) is 0.480. The molecule has 0 bridgehead atoms. The van der Waals surface area contributed by atoms with E-state index in [0.29, 0.717) is 28.0 Å². The fourth-order valence-corrected chi connectivity index (χ4v) is 5.19. The van der Waals surface area contributed by atoms with Crippen LogP contribution in [0.15, 0.2) is 96.0 Å². The molecular formula is C25H21F3N2O3S. The second kappa shape index (κ2) is 9.34. The third-order valence-electron chi connectivity index (χ3n) is 5.46. The van der Waals surface area contributed by atoms with Gasteiger partial charge in [-0.05, 0) is 35.8 Å². The fraction of sp³-hybridized carbons (Fsp3) is 0.160. The van der Waals surface area contributed by atoms with Crippen LogP contribution in [0.4, 0.5) is 18.9 Å². The van der Waals surface area contributed by atoms with Crippen molar-refractivity contribution < 1.29 is 26.4 Å². The van der Waals surface area contributed by atoms with Gasteiger partial charge in [0.1, 0.15) is 0 Å². The van der Waals surface area contributed by atoms with Crippen molar-refractivity contribution in [3.63, 3.8) is 0 Å². The lowest BCUT2D eigenvalue weighted by molar-refractivity contribution is -0.170. The molecule has 0 unspecified atom stereocenters. The first kappa shape index (κ1) is 23.6. The Labute approximate surface area is 195 Å². The predicted molar refractivity (Wildman–Crippen MR) is 123 cm³/mol. The Morgan fingerprint density at radius 2 is 1.47 bits per heavy atom. The molecule has 0 radical (unpaired) electrons. The van der Waals surface area contributed by atoms with Gasteiger partial charge in [0, 0.05) is 18.3 Å². The Morgan fingerprint density at radius 1 is 0.882 bits per heavy atom. The summed E-state index contributed by atoms with van der Waals surface area (Å²) >= 11 is 0. The first-order valence-electron chi connectivity index (χ1n) is 10.5. The second-order valence-corrected chi connectivity index (χ2v) is 9.62. The minimum Gasteiger partial charge on any atom is -0.300 e. The van der Waals surface area contributed by atoms with E-state index in [4.69, 9.17) is 0 Å². The van der Waals surface area contributed by atoms with Crippen LogP contribution in [0.1, 0.15) is 17.5 Å². The number of amides is 1. The Hall–Kier alpha value is -3.59. The van der Waals surface area contributed by atoms with E-state index in [1.807, 2.05) is 0 Å². The normalized spacial score (nSPS) is 14.1. The minimum atomic E-state index is -5.07. The van der Waals surface area contributed by atoms with E-state index in [0.717, 1.165) is 0 Å². The highest BCUT2D eigenvalue weighted by Crippen LogP contribution is 2.36. The number of anilines is 1. The molecule has 0 fully saturated rings. The molecule has 1 heterocycles. The van der Waals surface area contributed by atoms with E-state index < -0.39 is 22.1 Å². The zero-order valence-corrected chi connectivity index (χ0v) is 18.8. The summed E-state index contributed by atoms with van der Waals surface area (Å²) in [6, 6.07) is 22.5. The van der Waals surface area contributed by atoms with Crippen LogP contribution in [0.5, 0.6) is 0 Å². The molecule has 1 amide bonds. The van der Waals surface area contributed by atoms with Gasteiger partial charge in [0.25, 0.3) is 10.0 Å². The summed E-state index contributed by atoms with van der Waals surface area (Å²) < 4.78 is 67.7. The number of carbonyl (C=O) groups excluding carboxylic acids is 1. The van der Waals surface area contributed by atoms with Crippen LogP contribution >= 0.6 is 0 Å². The van der Waals surface area contributed by atoms with Crippen LogP contribution in [-0.2, 0) is 21.4 Å². The van der Waals surface area contributed by atoms with Crippen molar-refractivity contribution in [2.75, 3.05) is 11.4 Å². The molecule has 0 aromatic heterocycles. The largest absolute Gasteiger partial charge is 0.471 e. The van der Waals surface area contributed by atoms with Gasteiger partial charge < -0.3 is 0 Å². The summed E-state index contributed by atoms with van der Waals surface area (Å²) in [5.41, 5.74) is 1.51. The predicted octanol–water partition coefficient (Wildman–Crippen LogP) is 5.22. The topological polar surface area (TPSA) is 57.7 Å². The molecule has 9 heteroatoms. The van der Waals surface area contributed by atoms with Gasteiger partial charge >= 0.3 is 12.1 Å². The molecule has 0 spiro atoms. The Balaban J connectivity index is 1.74. The van der Waals surface area contributed by atoms with Gasteiger partial charge in [0.15, 0.2) is 0 Å². The summed E-state index contributed by atoms with van der Waals surface area (Å²) in [5.74, 6) is -1.99. The van der Waals surface area contributed by atoms with Gasteiger partial charge in [0.05, 0.1) is 17.1 Å². The molecule has 3 aromatic carbocycles. The average molecular weight is 487 g/mol. The van der Waals surface area contributed by atoms with Crippen molar-refractivity contribution in [2.24, 2.45) is 0 Å². The SMILES string of the molecule is O=C(N(Cc1ccccc1)c1ccccc1C1=CN(S(=O)(=O)c2ccccc2)CC1)C(F)(F)F. The lowest BCUT2D eigenvalue weighted by Gasteiger charge is -2.26. The number of carbonyl (C=O) groups is 1. The molecule has 0 aliphatic carbocycles. The number of nitrogens with zero attached hydrogens (tertiary/aromatic N) is 2. The van der Waals surface area contributed by atoms with Gasteiger partial charge in [-0.2, -0.15) is 13.2 Å². The number of benzene rings is 3. The van der Waals surface area contributed by atoms with Crippen molar-refractivity contribution in [1.82, 2.24) is 4.31 Å². The van der Waals surface area contributed by atoms with Gasteiger partial charge in [-0.15, -0.1) is 0 Å². The molecule has 0 N–H and O–H groups in total. The molecule has 3 aromatic rings. The van der Waals surface area contributed by atoms with Crippen molar-refractivity contribution >= 4 is 27.2 Å². The number of rotatable bonds is 6. The monoisotopic (exact) mass is 486 g/mol. The molecule has 0 atom stereocenters. The van der Waals surface area contributed by atoms with Crippen LogP contribution in [0.25, 0.3) is 5.57 Å². The average Bonchev–Trinajstić information content (AvgIpc) is 3.34. The van der Waals surface area contributed by atoms with E-state index >= 15 is 0 Å². The fourth-order valence-electron chi connectivity index (χ4n) is 3.82. The molecule has 176 valence electrons. The van der Waals surface area contributed by atoms with Gasteiger partial charge in [-0.25, -0.2) is 8.42 Å². The van der Waals surface area contributed by atoms with Crippen molar-refractivity contribution in [3.8, 4) is 0 Å². The molecule has 4 rings (SSSR count). The van der Waals surface area contributed by atoms with Gasteiger partial charge in [0.2, 0.25) is 0 Å². The highest BCUT2D eigenvalue weighted by Gasteiger charge is 2.43. The van der Waals surface area contributed by atoms with E-state index in [1.165, 1.54) is 28.7 Å². The first-order chi connectivity index (χ1) is 16.2. The minimum absolute atomic E-state index is 0.0684. The van der Waals surface area contributed by atoms with Crippen LogP contribution in [0.3, 0.4) is 0 Å². The number of sulfonamides is 1. The van der Waals surface area contributed by atoms with Crippen molar-refractivity contribution in [2.45, 2.75) is 24.0 Å². The smallest absolute Gasteiger partial charge is 0.300 e. The Bertz CT molecular complexity index is 1310. The number of halogens is 3. The summed E-state index contributed by atoms with van der Waals surface area (Å²) in [6.45, 7) is -0.137. The van der Waals surface area contributed by atoms with Crippen molar-refractivity contribution in [1.29, 1.82) is 0 Å². The van der Waals surface area contributed by atoms with E-state index in [2.05, 4.69) is 0 Å². The summed E-state index contributed by atoms with van der Waals surface area (Å²) in [7, 11) is -3.80. The molecular weight excluding hydrogens is 465 g/mol. The van der Waals surface area contributed by atoms with Crippen LogP contribution in [0.2, 0.25) is 0 Å². The van der Waals surface area contributed by atoms with Crippen LogP contribution < -0.4 is 4.90 Å². The Morgan fingerprint density at radius 3 is 2.12 bits per heavy atom. The molecule has 1 aliphatic heterocycles. The van der Waals surface area contributed by atoms with E-state index in [-0.39, 0.29) is 23.7 Å². The third kappa shape index (κ3) is 4.84. The standard InChI is InChI=1S/C25H21F3N2O3S/c26-25(27,28)24(31)30(17-19-9-3-1-4-10-19)23-14-8-7-13-22(23)20-15-16-29(18-20)34(32,33)21-11-5-2-6-12-21/h1-14,18H,15-17H2. The van der Waals surface area contributed by atoms with E-state index in [1.54, 1.807) is 66.7 Å². The maximum atomic E-state index is 13.5. The Kier molecular flexibility index (Phi) is 6.47. The number of hydrogen-bond acceptors (Lipinski definition) is 3. The zero-order valence-electron chi connectivity index (χ0n) is 17.9. The van der Waals surface area contributed by atoms with Crippen LogP contribution in [0, 0.1) is 0 Å². The summed E-state index contributed by atoms with van der Waals surface area (Å²) in [5, 5.41) is 0. The number of hydrogen-bond donors (Lipinski definition) is 0. The lowest BCUT2D eigenvalue weighted by atomic mass is 10.0. The zero-order chi connectivity index (χ0) is 24.3. The van der Waals surface area contributed by atoms with Gasteiger partial charge in [-0.1, -0.05) is 66.7 Å². The van der Waals surface area contributed by atoms with Crippen LogP contribution in [-0.4, -0.2) is 31.4 Å². The maximum Gasteiger partial charge on any atom is 0.471 e. The molecule has 0 saturated heterocycles. The lowest BCUT2D eigenvalue weighted by Crippen LogP contribution is -2.41. The van der Waals surface area contributed by atoms with E-state index in [9.17, 15) is 26.4 Å². The maximum absolute atomic E-state index is 13.5. The molecule has 1 aliphatic rings.